The molecule has 6 nitrogen and oxygen atoms in total. The molecule has 0 aliphatic carbocycles. The second-order valence-electron chi connectivity index (χ2n) is 5.13. The number of rotatable bonds is 4. The summed E-state index contributed by atoms with van der Waals surface area (Å²) in [5, 5.41) is 4.90. The lowest BCUT2D eigenvalue weighted by Crippen LogP contribution is -2.23. The van der Waals surface area contributed by atoms with Crippen LogP contribution in [0.5, 0.6) is 0 Å². The summed E-state index contributed by atoms with van der Waals surface area (Å²) in [5.74, 6) is 0. The van der Waals surface area contributed by atoms with Gasteiger partial charge in [-0.25, -0.2) is 26.7 Å². The highest BCUT2D eigenvalue weighted by molar-refractivity contribution is 7.89. The Morgan fingerprint density at radius 3 is 2.04 bits per heavy atom. The van der Waals surface area contributed by atoms with Gasteiger partial charge in [0, 0.05) is 6.54 Å². The Bertz CT molecular complexity index is 892. The maximum absolute atomic E-state index is 11.5. The molecule has 2 aromatic carbocycles. The van der Waals surface area contributed by atoms with Gasteiger partial charge in [-0.3, -0.25) is 0 Å². The van der Waals surface area contributed by atoms with Crippen LogP contribution in [0.4, 0.5) is 0 Å². The van der Waals surface area contributed by atoms with Gasteiger partial charge in [0.2, 0.25) is 20.0 Å². The zero-order valence-corrected chi connectivity index (χ0v) is 15.5. The molecule has 0 unspecified atom stereocenters. The highest BCUT2D eigenvalue weighted by atomic mass is 32.2. The molecule has 0 heterocycles. The third kappa shape index (κ3) is 6.04. The monoisotopic (exact) mass is 370 g/mol. The zero-order chi connectivity index (χ0) is 18.4. The molecule has 132 valence electrons. The number of nitrogens with one attached hydrogen (secondary N) is 1. The quantitative estimate of drug-likeness (QED) is 0.857. The van der Waals surface area contributed by atoms with Gasteiger partial charge in [0.25, 0.3) is 0 Å². The Morgan fingerprint density at radius 1 is 0.958 bits per heavy atom. The number of hydrogen-bond donors (Lipinski definition) is 2. The summed E-state index contributed by atoms with van der Waals surface area (Å²) >= 11 is 0. The van der Waals surface area contributed by atoms with Gasteiger partial charge >= 0.3 is 0 Å². The molecule has 0 aromatic heterocycles. The number of nitrogens with two attached hydrogens (primary N) is 1. The van der Waals surface area contributed by atoms with Crippen molar-refractivity contribution in [3.63, 3.8) is 0 Å². The van der Waals surface area contributed by atoms with Crippen molar-refractivity contribution < 1.29 is 16.8 Å². The minimum atomic E-state index is -3.53. The first-order valence-electron chi connectivity index (χ1n) is 7.22. The molecule has 0 amide bonds. The molecule has 0 atom stereocenters. The Balaban J connectivity index is 0.000000243. The van der Waals surface area contributed by atoms with Crippen LogP contribution in [-0.4, -0.2) is 23.4 Å². The van der Waals surface area contributed by atoms with E-state index in [4.69, 9.17) is 5.14 Å². The van der Waals surface area contributed by atoms with Crippen molar-refractivity contribution in [1.82, 2.24) is 4.72 Å². The molecule has 8 heteroatoms. The lowest BCUT2D eigenvalue weighted by molar-refractivity contribution is 0.583. The van der Waals surface area contributed by atoms with Crippen LogP contribution in [0, 0.1) is 13.8 Å². The van der Waals surface area contributed by atoms with Crippen molar-refractivity contribution in [2.45, 2.75) is 30.6 Å². The van der Waals surface area contributed by atoms with E-state index in [0.29, 0.717) is 11.4 Å². The number of benzene rings is 2. The smallest absolute Gasteiger partial charge is 0.225 e. The first kappa shape index (κ1) is 20.3. The van der Waals surface area contributed by atoms with Crippen molar-refractivity contribution in [2.24, 2.45) is 5.14 Å². The van der Waals surface area contributed by atoms with Crippen LogP contribution in [0.1, 0.15) is 18.1 Å². The number of aryl methyl sites for hydroxylation is 2. The van der Waals surface area contributed by atoms with Crippen LogP contribution in [0.15, 0.2) is 58.3 Å². The molecule has 2 aromatic rings. The molecule has 0 spiro atoms. The van der Waals surface area contributed by atoms with E-state index in [9.17, 15) is 16.8 Å². The molecule has 0 aliphatic rings. The van der Waals surface area contributed by atoms with Crippen molar-refractivity contribution >= 4 is 20.0 Å². The maximum atomic E-state index is 11.5. The lowest BCUT2D eigenvalue weighted by Gasteiger charge is -2.06. The molecule has 0 bridgehead atoms. The van der Waals surface area contributed by atoms with Crippen molar-refractivity contribution in [1.29, 1.82) is 0 Å². The number of hydrogen-bond acceptors (Lipinski definition) is 4. The third-order valence-corrected chi connectivity index (χ3v) is 5.65. The SMILES string of the molecule is CCNS(=O)(=O)c1ccccc1C.Cc1cccc(S(N)(=O)=O)c1. The molecule has 0 radical (unpaired) electrons. The van der Waals surface area contributed by atoms with Crippen LogP contribution in [0.2, 0.25) is 0 Å². The van der Waals surface area contributed by atoms with Gasteiger partial charge in [-0.2, -0.15) is 0 Å². The van der Waals surface area contributed by atoms with E-state index < -0.39 is 20.0 Å². The van der Waals surface area contributed by atoms with E-state index in [1.807, 2.05) is 19.1 Å². The molecule has 24 heavy (non-hydrogen) atoms. The Morgan fingerprint density at radius 2 is 1.58 bits per heavy atom. The molecule has 0 saturated heterocycles. The van der Waals surface area contributed by atoms with Crippen molar-refractivity contribution in [3.05, 3.63) is 59.7 Å². The van der Waals surface area contributed by atoms with Crippen molar-refractivity contribution in [3.8, 4) is 0 Å². The normalized spacial score (nSPS) is 11.5. The molecular formula is C16H22N2O4S2. The van der Waals surface area contributed by atoms with Gasteiger partial charge in [0.1, 0.15) is 0 Å². The number of sulfonamides is 2. The molecule has 2 rings (SSSR count). The standard InChI is InChI=1S/C9H13NO2S.C7H9NO2S/c1-3-10-13(11,12)9-7-5-4-6-8(9)2;1-6-3-2-4-7(5-6)11(8,9)10/h4-7,10H,3H2,1-2H3;2-5H,1H3,(H2,8,9,10). The molecule has 0 fully saturated rings. The van der Waals surface area contributed by atoms with Gasteiger partial charge in [0.15, 0.2) is 0 Å². The van der Waals surface area contributed by atoms with E-state index in [0.717, 1.165) is 11.1 Å². The molecule has 3 N–H and O–H groups in total. The minimum Gasteiger partial charge on any atom is -0.225 e. The van der Waals surface area contributed by atoms with Gasteiger partial charge < -0.3 is 0 Å². The van der Waals surface area contributed by atoms with Crippen LogP contribution in [0.25, 0.3) is 0 Å². The predicted octanol–water partition coefficient (Wildman–Crippen LogP) is 1.94. The van der Waals surface area contributed by atoms with Crippen LogP contribution in [0.3, 0.4) is 0 Å². The predicted molar refractivity (Wildman–Crippen MR) is 94.6 cm³/mol. The summed E-state index contributed by atoms with van der Waals surface area (Å²) in [6, 6.07) is 13.4. The molecule has 0 aliphatic heterocycles. The largest absolute Gasteiger partial charge is 0.240 e. The van der Waals surface area contributed by atoms with Gasteiger partial charge in [-0.1, -0.05) is 37.3 Å². The fraction of sp³-hybridized carbons (Fsp3) is 0.250. The Hall–Kier alpha value is -1.74. The van der Waals surface area contributed by atoms with E-state index in [2.05, 4.69) is 4.72 Å². The first-order valence-corrected chi connectivity index (χ1v) is 10.3. The minimum absolute atomic E-state index is 0.164. The highest BCUT2D eigenvalue weighted by Gasteiger charge is 2.13. The fourth-order valence-corrected chi connectivity index (χ4v) is 3.82. The Kier molecular flexibility index (Phi) is 7.09. The van der Waals surface area contributed by atoms with Crippen LogP contribution < -0.4 is 9.86 Å². The van der Waals surface area contributed by atoms with Crippen LogP contribution >= 0.6 is 0 Å². The molecule has 0 saturated carbocycles. The average Bonchev–Trinajstić information content (AvgIpc) is 2.47. The fourth-order valence-electron chi connectivity index (χ4n) is 1.92. The van der Waals surface area contributed by atoms with E-state index in [1.54, 1.807) is 38.1 Å². The summed E-state index contributed by atoms with van der Waals surface area (Å²) in [7, 11) is -6.82. The van der Waals surface area contributed by atoms with Gasteiger partial charge in [0.05, 0.1) is 9.79 Å². The summed E-state index contributed by atoms with van der Waals surface area (Å²) in [4.78, 5) is 0.523. The second kappa shape index (κ2) is 8.39. The first-order chi connectivity index (χ1) is 11.1. The van der Waals surface area contributed by atoms with Crippen LogP contribution in [-0.2, 0) is 20.0 Å². The average molecular weight is 370 g/mol. The Labute approximate surface area is 143 Å². The summed E-state index contributed by atoms with van der Waals surface area (Å²) in [5.41, 5.74) is 1.65. The second-order valence-corrected chi connectivity index (χ2v) is 8.43. The van der Waals surface area contributed by atoms with Gasteiger partial charge in [-0.05, 0) is 43.2 Å². The summed E-state index contributed by atoms with van der Waals surface area (Å²) in [6.45, 7) is 5.77. The van der Waals surface area contributed by atoms with Gasteiger partial charge in [-0.15, -0.1) is 0 Å². The van der Waals surface area contributed by atoms with E-state index in [-0.39, 0.29) is 4.90 Å². The maximum Gasteiger partial charge on any atom is 0.240 e. The highest BCUT2D eigenvalue weighted by Crippen LogP contribution is 2.13. The summed E-state index contributed by atoms with van der Waals surface area (Å²) in [6.07, 6.45) is 0. The molecular weight excluding hydrogens is 348 g/mol. The van der Waals surface area contributed by atoms with Crippen molar-refractivity contribution in [2.75, 3.05) is 6.54 Å². The number of primary sulfonamides is 1. The zero-order valence-electron chi connectivity index (χ0n) is 13.9. The lowest BCUT2D eigenvalue weighted by atomic mass is 10.2. The third-order valence-electron chi connectivity index (χ3n) is 3.04. The van der Waals surface area contributed by atoms with E-state index >= 15 is 0 Å². The summed E-state index contributed by atoms with van der Waals surface area (Å²) < 4.78 is 47.1. The van der Waals surface area contributed by atoms with E-state index in [1.165, 1.54) is 12.1 Å². The topological polar surface area (TPSA) is 106 Å².